The van der Waals surface area contributed by atoms with E-state index in [1.807, 2.05) is 36.4 Å². The summed E-state index contributed by atoms with van der Waals surface area (Å²) >= 11 is 0. The van der Waals surface area contributed by atoms with Crippen LogP contribution >= 0.6 is 0 Å². The number of hydrogen-bond acceptors (Lipinski definition) is 4. The molecule has 3 N–H and O–H groups in total. The molecule has 6 nitrogen and oxygen atoms in total. The molecule has 0 bridgehead atoms. The minimum absolute atomic E-state index is 0.154. The van der Waals surface area contributed by atoms with Crippen molar-refractivity contribution >= 4 is 38.1 Å². The smallest absolute Gasteiger partial charge is 0.295 e. The third-order valence-corrected chi connectivity index (χ3v) is 9.09. The fraction of sp³-hybridized carbons (Fsp3) is 0.162. The zero-order chi connectivity index (χ0) is 31.0. The van der Waals surface area contributed by atoms with Gasteiger partial charge in [0, 0.05) is 56.7 Å². The summed E-state index contributed by atoms with van der Waals surface area (Å²) < 4.78 is 41.8. The van der Waals surface area contributed by atoms with Gasteiger partial charge in [-0.1, -0.05) is 68.4 Å². The zero-order valence-corrected chi connectivity index (χ0v) is 26.0. The molecule has 7 heteroatoms. The van der Waals surface area contributed by atoms with Crippen LogP contribution in [0.15, 0.2) is 106 Å². The van der Waals surface area contributed by atoms with Gasteiger partial charge in [-0.3, -0.25) is 4.55 Å². The Balaban J connectivity index is 1.63. The highest BCUT2D eigenvalue weighted by molar-refractivity contribution is 7.86. The van der Waals surface area contributed by atoms with Crippen LogP contribution in [0.1, 0.15) is 36.1 Å². The predicted octanol–water partition coefficient (Wildman–Crippen LogP) is 7.25. The van der Waals surface area contributed by atoms with Crippen molar-refractivity contribution in [3.8, 4) is 22.5 Å². The lowest BCUT2D eigenvalue weighted by molar-refractivity contribution is -0.403. The number of para-hydroxylation sites is 2. The lowest BCUT2D eigenvalue weighted by Gasteiger charge is -2.18. The Morgan fingerprint density at radius 3 is 2.25 bits per heavy atom. The Labute approximate surface area is 257 Å². The minimum Gasteiger partial charge on any atom is -0.456 e. The summed E-state index contributed by atoms with van der Waals surface area (Å²) in [6.45, 7) is 8.43. The van der Waals surface area contributed by atoms with Crippen LogP contribution < -0.4 is 15.7 Å². The summed E-state index contributed by atoms with van der Waals surface area (Å²) in [5, 5.41) is 5.16. The molecule has 4 aromatic rings. The summed E-state index contributed by atoms with van der Waals surface area (Å²) in [6, 6.07) is 30.7. The molecular weight excluding hydrogens is 568 g/mol. The normalized spacial score (nSPS) is 12.2. The van der Waals surface area contributed by atoms with Crippen LogP contribution in [0.3, 0.4) is 0 Å². The topological polar surface area (TPSA) is 93.5 Å². The maximum atomic E-state index is 12.5. The lowest BCUT2D eigenvalue weighted by Crippen LogP contribution is -2.71. The summed E-state index contributed by atoms with van der Waals surface area (Å²) in [6.07, 6.45) is 1.78. The Morgan fingerprint density at radius 2 is 1.50 bits per heavy atom. The third kappa shape index (κ3) is 5.52. The van der Waals surface area contributed by atoms with Crippen molar-refractivity contribution in [2.45, 2.75) is 45.4 Å². The van der Waals surface area contributed by atoms with E-state index in [4.69, 9.17) is 4.42 Å². The number of anilines is 2. The van der Waals surface area contributed by atoms with E-state index in [1.54, 1.807) is 18.2 Å². The van der Waals surface area contributed by atoms with Gasteiger partial charge < -0.3 is 9.73 Å². The Bertz CT molecular complexity index is 2180. The van der Waals surface area contributed by atoms with Gasteiger partial charge in [-0.15, -0.1) is 0 Å². The molecule has 44 heavy (non-hydrogen) atoms. The summed E-state index contributed by atoms with van der Waals surface area (Å²) in [4.78, 5) is 3.43. The van der Waals surface area contributed by atoms with Crippen LogP contribution in [0.2, 0.25) is 0 Å². The minimum atomic E-state index is -4.50. The fourth-order valence-electron chi connectivity index (χ4n) is 5.93. The van der Waals surface area contributed by atoms with E-state index >= 15 is 0 Å². The molecule has 0 amide bonds. The van der Waals surface area contributed by atoms with Gasteiger partial charge >= 0.3 is 0 Å². The first-order valence-corrected chi connectivity index (χ1v) is 16.2. The molecule has 0 saturated heterocycles. The molecule has 0 radical (unpaired) electrons. The van der Waals surface area contributed by atoms with Gasteiger partial charge in [0.15, 0.2) is 0 Å². The Morgan fingerprint density at radius 1 is 0.773 bits per heavy atom. The molecule has 0 atom stereocenters. The first-order valence-electron chi connectivity index (χ1n) is 14.8. The van der Waals surface area contributed by atoms with E-state index in [1.165, 1.54) is 17.2 Å². The molecule has 1 heterocycles. The SMILES string of the molecule is CCc1cccc(C)c1Nc1ccc2c(-c3ccccc3S(=O)(=O)O)c3ccc(=[NH+]c4c(C)cccc4CC)cc-3oc2c1. The van der Waals surface area contributed by atoms with E-state index in [0.29, 0.717) is 22.5 Å². The van der Waals surface area contributed by atoms with Crippen molar-refractivity contribution in [3.63, 3.8) is 0 Å². The molecule has 6 rings (SSSR count). The monoisotopic (exact) mass is 603 g/mol. The molecule has 0 unspecified atom stereocenters. The number of fused-ring (bicyclic) bond motifs is 2. The predicted molar refractivity (Wildman–Crippen MR) is 176 cm³/mol. The van der Waals surface area contributed by atoms with Crippen molar-refractivity contribution < 1.29 is 22.4 Å². The van der Waals surface area contributed by atoms with Gasteiger partial charge in [-0.2, -0.15) is 8.42 Å². The number of aryl methyl sites for hydroxylation is 4. The molecule has 0 spiro atoms. The summed E-state index contributed by atoms with van der Waals surface area (Å²) in [7, 11) is -4.50. The van der Waals surface area contributed by atoms with Crippen LogP contribution in [-0.4, -0.2) is 13.0 Å². The van der Waals surface area contributed by atoms with Gasteiger partial charge in [0.2, 0.25) is 11.0 Å². The second-order valence-corrected chi connectivity index (χ2v) is 12.4. The van der Waals surface area contributed by atoms with Gasteiger partial charge in [0.05, 0.1) is 6.07 Å². The van der Waals surface area contributed by atoms with Gasteiger partial charge in [-0.05, 0) is 62.1 Å². The van der Waals surface area contributed by atoms with Gasteiger partial charge in [-0.25, -0.2) is 4.99 Å². The number of rotatable bonds is 7. The molecule has 0 fully saturated rings. The lowest BCUT2D eigenvalue weighted by atomic mass is 9.93. The molecule has 1 aliphatic heterocycles. The highest BCUT2D eigenvalue weighted by atomic mass is 32.2. The molecule has 0 aromatic heterocycles. The first-order chi connectivity index (χ1) is 21.2. The maximum absolute atomic E-state index is 12.5. The van der Waals surface area contributed by atoms with Crippen LogP contribution in [-0.2, 0) is 23.0 Å². The van der Waals surface area contributed by atoms with Crippen LogP contribution in [0, 0.1) is 13.8 Å². The van der Waals surface area contributed by atoms with Crippen molar-refractivity contribution in [2.75, 3.05) is 5.32 Å². The standard InChI is InChI=1S/C37H34N2O4S/c1-5-25-13-9-11-23(3)36(25)38-27-17-19-29-32(21-27)43-33-22-28(39-37-24(4)12-10-14-26(37)6-2)18-20-30(33)35(29)31-15-7-8-16-34(31)44(40,41)42/h7-22,38H,5-6H2,1-4H3,(H,40,41,42)/p+1. The van der Waals surface area contributed by atoms with Crippen LogP contribution in [0.4, 0.5) is 17.1 Å². The van der Waals surface area contributed by atoms with E-state index < -0.39 is 10.1 Å². The molecular formula is C37H35N2O4S+. The summed E-state index contributed by atoms with van der Waals surface area (Å²) in [5.74, 6) is 0.580. The van der Waals surface area contributed by atoms with Crippen molar-refractivity contribution in [1.29, 1.82) is 0 Å². The number of benzene rings is 5. The quantitative estimate of drug-likeness (QED) is 0.132. The van der Waals surface area contributed by atoms with Crippen LogP contribution in [0.25, 0.3) is 33.4 Å². The number of hydrogen-bond donors (Lipinski definition) is 3. The largest absolute Gasteiger partial charge is 0.456 e. The zero-order valence-electron chi connectivity index (χ0n) is 25.2. The maximum Gasteiger partial charge on any atom is 0.295 e. The van der Waals surface area contributed by atoms with E-state index in [2.05, 4.69) is 74.4 Å². The highest BCUT2D eigenvalue weighted by Gasteiger charge is 2.24. The van der Waals surface area contributed by atoms with Crippen LogP contribution in [0.5, 0.6) is 0 Å². The number of nitrogens with one attached hydrogen (secondary N) is 2. The average Bonchev–Trinajstić information content (AvgIpc) is 3.01. The van der Waals surface area contributed by atoms with E-state index in [-0.39, 0.29) is 4.90 Å². The van der Waals surface area contributed by atoms with Crippen molar-refractivity contribution in [1.82, 2.24) is 0 Å². The van der Waals surface area contributed by atoms with Crippen molar-refractivity contribution in [2.24, 2.45) is 0 Å². The van der Waals surface area contributed by atoms with E-state index in [0.717, 1.165) is 57.3 Å². The molecule has 222 valence electrons. The Hall–Kier alpha value is -4.72. The molecule has 4 aromatic carbocycles. The first kappa shape index (κ1) is 29.4. The second-order valence-electron chi connectivity index (χ2n) is 11.0. The second kappa shape index (κ2) is 11.8. The van der Waals surface area contributed by atoms with Gasteiger partial charge in [0.1, 0.15) is 16.2 Å². The van der Waals surface area contributed by atoms with Gasteiger partial charge in [0.25, 0.3) is 10.1 Å². The molecule has 2 aliphatic rings. The summed E-state index contributed by atoms with van der Waals surface area (Å²) in [5.41, 5.74) is 10.0. The highest BCUT2D eigenvalue weighted by Crippen LogP contribution is 2.43. The van der Waals surface area contributed by atoms with Crippen molar-refractivity contribution in [3.05, 3.63) is 125 Å². The molecule has 0 saturated carbocycles. The average molecular weight is 604 g/mol. The Kier molecular flexibility index (Phi) is 7.84. The fourth-order valence-corrected chi connectivity index (χ4v) is 6.63. The third-order valence-electron chi connectivity index (χ3n) is 8.17. The van der Waals surface area contributed by atoms with E-state index in [9.17, 15) is 13.0 Å². The molecule has 1 aliphatic carbocycles.